The fourth-order valence-corrected chi connectivity index (χ4v) is 0.815. The summed E-state index contributed by atoms with van der Waals surface area (Å²) in [5.74, 6) is 0. The molecule has 0 atom stereocenters. The molecule has 0 aromatic rings. The normalized spacial score (nSPS) is 12.9. The van der Waals surface area contributed by atoms with Crippen LogP contribution in [0.1, 0.15) is 33.6 Å². The molecular weight excluding hydrogens is 150 g/mol. The first-order chi connectivity index (χ1) is 5.74. The van der Waals surface area contributed by atoms with E-state index in [1.165, 1.54) is 5.57 Å². The van der Waals surface area contributed by atoms with E-state index >= 15 is 0 Å². The van der Waals surface area contributed by atoms with E-state index < -0.39 is 0 Å². The molecule has 0 bridgehead atoms. The van der Waals surface area contributed by atoms with Gasteiger partial charge in [-0.1, -0.05) is 25.5 Å². The van der Waals surface area contributed by atoms with Gasteiger partial charge in [0.1, 0.15) is 0 Å². The minimum Gasteiger partial charge on any atom is -0.329 e. The van der Waals surface area contributed by atoms with Gasteiger partial charge in [0.15, 0.2) is 0 Å². The van der Waals surface area contributed by atoms with Crippen LogP contribution in [-0.4, -0.2) is 6.41 Å². The summed E-state index contributed by atoms with van der Waals surface area (Å²) in [5, 5.41) is 2.65. The monoisotopic (exact) mass is 167 g/mol. The molecule has 0 rings (SSSR count). The van der Waals surface area contributed by atoms with E-state index in [1.807, 2.05) is 19.1 Å². The Kier molecular flexibility index (Phi) is 6.07. The van der Waals surface area contributed by atoms with Gasteiger partial charge in [-0.05, 0) is 25.8 Å². The van der Waals surface area contributed by atoms with E-state index in [0.29, 0.717) is 6.41 Å². The number of carbonyl (C=O) groups excluding carboxylic acids is 1. The lowest BCUT2D eigenvalue weighted by Gasteiger charge is -2.00. The maximum Gasteiger partial charge on any atom is 0.211 e. The van der Waals surface area contributed by atoms with E-state index in [1.54, 1.807) is 0 Å². The molecule has 0 aliphatic rings. The van der Waals surface area contributed by atoms with Crippen molar-refractivity contribution in [3.05, 3.63) is 23.4 Å². The molecule has 12 heavy (non-hydrogen) atoms. The Balaban J connectivity index is 4.31. The second-order valence-electron chi connectivity index (χ2n) is 2.67. The van der Waals surface area contributed by atoms with Gasteiger partial charge in [-0.25, -0.2) is 0 Å². The highest BCUT2D eigenvalue weighted by molar-refractivity contribution is 5.52. The molecule has 2 nitrogen and oxygen atoms in total. The second-order valence-corrected chi connectivity index (χ2v) is 2.67. The molecule has 1 N–H and O–H groups in total. The fourth-order valence-electron chi connectivity index (χ4n) is 0.815. The molecule has 0 heterocycles. The molecule has 1 amide bonds. The maximum absolute atomic E-state index is 10.2. The van der Waals surface area contributed by atoms with Crippen molar-refractivity contribution in [3.8, 4) is 0 Å². The van der Waals surface area contributed by atoms with Gasteiger partial charge in [-0.3, -0.25) is 4.79 Å². The molecule has 0 fully saturated rings. The smallest absolute Gasteiger partial charge is 0.211 e. The molecule has 0 saturated carbocycles. The predicted molar refractivity (Wildman–Crippen MR) is 51.6 cm³/mol. The number of hydrogen-bond acceptors (Lipinski definition) is 1. The molecule has 0 aromatic carbocycles. The van der Waals surface area contributed by atoms with Crippen LogP contribution in [0.3, 0.4) is 0 Å². The molecule has 0 unspecified atom stereocenters. The van der Waals surface area contributed by atoms with E-state index in [2.05, 4.69) is 19.2 Å². The van der Waals surface area contributed by atoms with Gasteiger partial charge in [-0.2, -0.15) is 0 Å². The van der Waals surface area contributed by atoms with E-state index in [9.17, 15) is 4.79 Å². The lowest BCUT2D eigenvalue weighted by Crippen LogP contribution is -2.08. The minimum atomic E-state index is 0.709. The van der Waals surface area contributed by atoms with Crippen LogP contribution in [0.25, 0.3) is 0 Å². The quantitative estimate of drug-likeness (QED) is 0.494. The van der Waals surface area contributed by atoms with Crippen molar-refractivity contribution in [2.24, 2.45) is 0 Å². The topological polar surface area (TPSA) is 29.1 Å². The average Bonchev–Trinajstić information content (AvgIpc) is 2.05. The van der Waals surface area contributed by atoms with Gasteiger partial charge in [0.2, 0.25) is 6.41 Å². The molecule has 0 aliphatic carbocycles. The molecule has 0 spiro atoms. The zero-order chi connectivity index (χ0) is 9.40. The third-order valence-electron chi connectivity index (χ3n) is 1.61. The van der Waals surface area contributed by atoms with Gasteiger partial charge in [0.05, 0.1) is 0 Å². The first kappa shape index (κ1) is 11.0. The Bertz CT molecular complexity index is 192. The Morgan fingerprint density at radius 3 is 2.50 bits per heavy atom. The van der Waals surface area contributed by atoms with Gasteiger partial charge in [-0.15, -0.1) is 0 Å². The van der Waals surface area contributed by atoms with Crippen LogP contribution >= 0.6 is 0 Å². The number of allylic oxidation sites excluding steroid dienone is 3. The zero-order valence-corrected chi connectivity index (χ0v) is 8.05. The third kappa shape index (κ3) is 4.72. The number of carbonyl (C=O) groups is 1. The average molecular weight is 167 g/mol. The summed E-state index contributed by atoms with van der Waals surface area (Å²) < 4.78 is 0. The van der Waals surface area contributed by atoms with Gasteiger partial charge >= 0.3 is 0 Å². The SMILES string of the molecule is CC/C=C(/C=C(\C)CC)NC=O. The van der Waals surface area contributed by atoms with Gasteiger partial charge < -0.3 is 5.32 Å². The number of rotatable bonds is 5. The zero-order valence-electron chi connectivity index (χ0n) is 8.05. The van der Waals surface area contributed by atoms with Crippen LogP contribution in [0.4, 0.5) is 0 Å². The first-order valence-electron chi connectivity index (χ1n) is 4.32. The van der Waals surface area contributed by atoms with Crippen LogP contribution in [0.5, 0.6) is 0 Å². The molecule has 2 heteroatoms. The van der Waals surface area contributed by atoms with Crippen LogP contribution in [0.15, 0.2) is 23.4 Å². The van der Waals surface area contributed by atoms with Crippen molar-refractivity contribution in [1.29, 1.82) is 0 Å². The lowest BCUT2D eigenvalue weighted by atomic mass is 10.2. The van der Waals surface area contributed by atoms with Crippen molar-refractivity contribution in [2.45, 2.75) is 33.6 Å². The van der Waals surface area contributed by atoms with Crippen molar-refractivity contribution < 1.29 is 4.79 Å². The number of amides is 1. The summed E-state index contributed by atoms with van der Waals surface area (Å²) in [5.41, 5.74) is 2.16. The summed E-state index contributed by atoms with van der Waals surface area (Å²) in [4.78, 5) is 10.2. The third-order valence-corrected chi connectivity index (χ3v) is 1.61. The van der Waals surface area contributed by atoms with Crippen molar-refractivity contribution in [1.82, 2.24) is 5.32 Å². The highest BCUT2D eigenvalue weighted by Crippen LogP contribution is 2.03. The van der Waals surface area contributed by atoms with E-state index in [4.69, 9.17) is 0 Å². The van der Waals surface area contributed by atoms with Crippen molar-refractivity contribution in [2.75, 3.05) is 0 Å². The van der Waals surface area contributed by atoms with Crippen molar-refractivity contribution >= 4 is 6.41 Å². The van der Waals surface area contributed by atoms with Crippen LogP contribution in [-0.2, 0) is 4.79 Å². The van der Waals surface area contributed by atoms with Gasteiger partial charge in [0, 0.05) is 5.70 Å². The van der Waals surface area contributed by atoms with E-state index in [-0.39, 0.29) is 0 Å². The Labute approximate surface area is 74.4 Å². The molecule has 68 valence electrons. The Morgan fingerprint density at radius 1 is 1.42 bits per heavy atom. The fraction of sp³-hybridized carbons (Fsp3) is 0.500. The maximum atomic E-state index is 10.2. The first-order valence-corrected chi connectivity index (χ1v) is 4.32. The molecule has 0 radical (unpaired) electrons. The molecular formula is C10H17NO. The molecule has 0 aliphatic heterocycles. The Morgan fingerprint density at radius 2 is 2.08 bits per heavy atom. The summed E-state index contributed by atoms with van der Waals surface area (Å²) in [6, 6.07) is 0. The standard InChI is InChI=1S/C10H17NO/c1-4-6-10(11-8-12)7-9(3)5-2/h6-8H,4-5H2,1-3H3,(H,11,12)/b9-7+,10-6-. The van der Waals surface area contributed by atoms with Crippen LogP contribution in [0.2, 0.25) is 0 Å². The summed E-state index contributed by atoms with van der Waals surface area (Å²) in [6.07, 6.45) is 6.65. The minimum absolute atomic E-state index is 0.709. The predicted octanol–water partition coefficient (Wildman–Crippen LogP) is 2.38. The highest BCUT2D eigenvalue weighted by atomic mass is 16.1. The summed E-state index contributed by atoms with van der Waals surface area (Å²) in [6.45, 7) is 6.19. The summed E-state index contributed by atoms with van der Waals surface area (Å²) >= 11 is 0. The number of hydrogen-bond donors (Lipinski definition) is 1. The summed E-state index contributed by atoms with van der Waals surface area (Å²) in [7, 11) is 0. The largest absolute Gasteiger partial charge is 0.329 e. The van der Waals surface area contributed by atoms with Gasteiger partial charge in [0.25, 0.3) is 0 Å². The van der Waals surface area contributed by atoms with E-state index in [0.717, 1.165) is 18.5 Å². The Hall–Kier alpha value is -1.05. The molecule has 0 saturated heterocycles. The van der Waals surface area contributed by atoms with Crippen LogP contribution in [0, 0.1) is 0 Å². The van der Waals surface area contributed by atoms with Crippen LogP contribution < -0.4 is 5.32 Å². The number of nitrogens with one attached hydrogen (secondary N) is 1. The second kappa shape index (κ2) is 6.65. The highest BCUT2D eigenvalue weighted by Gasteiger charge is 1.90. The van der Waals surface area contributed by atoms with Crippen molar-refractivity contribution in [3.63, 3.8) is 0 Å². The molecule has 0 aromatic heterocycles. The lowest BCUT2D eigenvalue weighted by molar-refractivity contribution is -0.108.